The Labute approximate surface area is 131 Å². The van der Waals surface area contributed by atoms with E-state index >= 15 is 0 Å². The summed E-state index contributed by atoms with van der Waals surface area (Å²) in [4.78, 5) is 12.2. The van der Waals surface area contributed by atoms with Crippen LogP contribution in [0.3, 0.4) is 0 Å². The van der Waals surface area contributed by atoms with Gasteiger partial charge >= 0.3 is 0 Å². The summed E-state index contributed by atoms with van der Waals surface area (Å²) in [5, 5.41) is 8.32. The lowest BCUT2D eigenvalue weighted by molar-refractivity contribution is 0.531. The third kappa shape index (κ3) is 3.58. The lowest BCUT2D eigenvalue weighted by atomic mass is 10.2. The average molecular weight is 358 g/mol. The summed E-state index contributed by atoms with van der Waals surface area (Å²) >= 11 is 5.45. The molecule has 1 saturated carbocycles. The summed E-state index contributed by atoms with van der Waals surface area (Å²) in [7, 11) is 0. The molecule has 20 heavy (non-hydrogen) atoms. The van der Waals surface area contributed by atoms with Crippen molar-refractivity contribution in [3.63, 3.8) is 0 Å². The Kier molecular flexibility index (Phi) is 4.71. The van der Waals surface area contributed by atoms with Gasteiger partial charge in [-0.05, 0) is 53.3 Å². The van der Waals surface area contributed by atoms with Crippen LogP contribution in [0.2, 0.25) is 0 Å². The monoisotopic (exact) mass is 357 g/mol. The number of hydrogen-bond donors (Lipinski definition) is 1. The van der Waals surface area contributed by atoms with Crippen LogP contribution in [-0.2, 0) is 6.54 Å². The topological polar surface area (TPSA) is 46.9 Å². The molecule has 1 aliphatic heterocycles. The van der Waals surface area contributed by atoms with Crippen LogP contribution in [0.1, 0.15) is 32.1 Å². The van der Waals surface area contributed by atoms with Gasteiger partial charge in [-0.15, -0.1) is 0 Å². The fraction of sp³-hybridized carbons (Fsp3) is 0.714. The fourth-order valence-electron chi connectivity index (χ4n) is 2.46. The summed E-state index contributed by atoms with van der Waals surface area (Å²) < 4.78 is 2.21. The van der Waals surface area contributed by atoms with Gasteiger partial charge in [-0.2, -0.15) is 16.9 Å². The molecule has 3 rings (SSSR count). The second kappa shape index (κ2) is 6.52. The van der Waals surface area contributed by atoms with Crippen molar-refractivity contribution in [3.8, 4) is 0 Å². The van der Waals surface area contributed by atoms with Crippen molar-refractivity contribution in [2.24, 2.45) is 5.92 Å². The number of rotatable bonds is 5. The zero-order chi connectivity index (χ0) is 13.9. The van der Waals surface area contributed by atoms with Gasteiger partial charge < -0.3 is 5.32 Å². The quantitative estimate of drug-likeness (QED) is 0.879. The van der Waals surface area contributed by atoms with E-state index in [0.717, 1.165) is 18.8 Å². The van der Waals surface area contributed by atoms with Gasteiger partial charge in [-0.3, -0.25) is 4.79 Å². The van der Waals surface area contributed by atoms with E-state index in [-0.39, 0.29) is 5.56 Å². The number of aromatic nitrogens is 2. The first-order valence-corrected chi connectivity index (χ1v) is 9.19. The fourth-order valence-corrected chi connectivity index (χ4v) is 4.14. The Balaban J connectivity index is 1.63. The van der Waals surface area contributed by atoms with E-state index in [1.54, 1.807) is 10.9 Å². The van der Waals surface area contributed by atoms with Crippen molar-refractivity contribution in [2.45, 2.75) is 43.9 Å². The molecule has 1 aliphatic carbocycles. The van der Waals surface area contributed by atoms with Gasteiger partial charge in [0.05, 0.1) is 11.9 Å². The third-order valence-electron chi connectivity index (χ3n) is 3.91. The van der Waals surface area contributed by atoms with Gasteiger partial charge in [0.25, 0.3) is 5.56 Å². The van der Waals surface area contributed by atoms with E-state index < -0.39 is 0 Å². The molecule has 1 atom stereocenters. The molecular weight excluding hydrogens is 338 g/mol. The number of thioether (sulfide) groups is 1. The maximum absolute atomic E-state index is 12.2. The Morgan fingerprint density at radius 1 is 1.40 bits per heavy atom. The third-order valence-corrected chi connectivity index (χ3v) is 6.07. The molecule has 1 saturated heterocycles. The van der Waals surface area contributed by atoms with Crippen LogP contribution in [-0.4, -0.2) is 27.3 Å². The summed E-state index contributed by atoms with van der Waals surface area (Å²) in [6.45, 7) is 1.67. The van der Waals surface area contributed by atoms with Crippen LogP contribution in [0, 0.1) is 5.92 Å². The maximum Gasteiger partial charge on any atom is 0.283 e. The van der Waals surface area contributed by atoms with Gasteiger partial charge in [0, 0.05) is 18.3 Å². The van der Waals surface area contributed by atoms with Gasteiger partial charge in [0.2, 0.25) is 0 Å². The highest BCUT2D eigenvalue weighted by Crippen LogP contribution is 2.30. The van der Waals surface area contributed by atoms with Crippen molar-refractivity contribution >= 4 is 33.4 Å². The first-order valence-electron chi connectivity index (χ1n) is 7.35. The summed E-state index contributed by atoms with van der Waals surface area (Å²) in [5.74, 6) is 1.92. The molecule has 1 unspecified atom stereocenters. The largest absolute Gasteiger partial charge is 0.382 e. The van der Waals surface area contributed by atoms with Crippen LogP contribution in [0.4, 0.5) is 5.69 Å². The van der Waals surface area contributed by atoms with Gasteiger partial charge in [0.15, 0.2) is 0 Å². The number of hydrogen-bond acceptors (Lipinski definition) is 4. The summed E-state index contributed by atoms with van der Waals surface area (Å²) in [6, 6.07) is 0. The Hall–Kier alpha value is -0.490. The highest BCUT2D eigenvalue weighted by Gasteiger charge is 2.23. The highest BCUT2D eigenvalue weighted by atomic mass is 79.9. The smallest absolute Gasteiger partial charge is 0.283 e. The molecule has 1 aromatic rings. The molecule has 2 aliphatic rings. The van der Waals surface area contributed by atoms with Crippen molar-refractivity contribution < 1.29 is 0 Å². The van der Waals surface area contributed by atoms with Crippen LogP contribution in [0.25, 0.3) is 0 Å². The van der Waals surface area contributed by atoms with E-state index in [9.17, 15) is 4.79 Å². The van der Waals surface area contributed by atoms with Crippen LogP contribution in [0.5, 0.6) is 0 Å². The van der Waals surface area contributed by atoms with Crippen LogP contribution in [0.15, 0.2) is 15.5 Å². The van der Waals surface area contributed by atoms with Crippen LogP contribution >= 0.6 is 27.7 Å². The predicted molar refractivity (Wildman–Crippen MR) is 87.5 cm³/mol. The first kappa shape index (κ1) is 14.4. The van der Waals surface area contributed by atoms with E-state index in [2.05, 4.69) is 26.3 Å². The molecule has 0 spiro atoms. The maximum atomic E-state index is 12.2. The Morgan fingerprint density at radius 2 is 2.25 bits per heavy atom. The zero-order valence-electron chi connectivity index (χ0n) is 11.5. The van der Waals surface area contributed by atoms with Gasteiger partial charge in [-0.25, -0.2) is 4.68 Å². The molecule has 6 heteroatoms. The Morgan fingerprint density at radius 3 is 2.95 bits per heavy atom. The van der Waals surface area contributed by atoms with E-state index in [1.807, 2.05) is 11.8 Å². The average Bonchev–Trinajstić information content (AvgIpc) is 3.28. The molecule has 2 fully saturated rings. The molecule has 1 N–H and O–H groups in total. The van der Waals surface area contributed by atoms with E-state index in [1.165, 1.54) is 37.9 Å². The molecule has 1 aromatic heterocycles. The molecule has 0 bridgehead atoms. The van der Waals surface area contributed by atoms with Crippen molar-refractivity contribution in [2.75, 3.05) is 17.6 Å². The lowest BCUT2D eigenvalue weighted by Gasteiger charge is -2.22. The predicted octanol–water partition coefficient (Wildman–Crippen LogP) is 3.11. The van der Waals surface area contributed by atoms with Crippen molar-refractivity contribution in [1.29, 1.82) is 0 Å². The molecule has 0 radical (unpaired) electrons. The highest BCUT2D eigenvalue weighted by molar-refractivity contribution is 9.10. The van der Waals surface area contributed by atoms with E-state index in [0.29, 0.717) is 15.6 Å². The summed E-state index contributed by atoms with van der Waals surface area (Å²) in [5.41, 5.74) is 0.811. The molecular formula is C14H20BrN3OS. The number of nitrogens with one attached hydrogen (secondary N) is 1. The second-order valence-corrected chi connectivity index (χ2v) is 7.87. The lowest BCUT2D eigenvalue weighted by Crippen LogP contribution is -2.27. The zero-order valence-corrected chi connectivity index (χ0v) is 13.9. The van der Waals surface area contributed by atoms with Gasteiger partial charge in [0.1, 0.15) is 4.47 Å². The molecule has 0 aromatic carbocycles. The minimum atomic E-state index is -0.0156. The van der Waals surface area contributed by atoms with Crippen molar-refractivity contribution in [3.05, 3.63) is 21.0 Å². The molecule has 0 amide bonds. The number of halogens is 1. The van der Waals surface area contributed by atoms with Crippen molar-refractivity contribution in [1.82, 2.24) is 9.78 Å². The second-order valence-electron chi connectivity index (χ2n) is 5.67. The molecule has 110 valence electrons. The van der Waals surface area contributed by atoms with Gasteiger partial charge in [-0.1, -0.05) is 6.42 Å². The molecule has 2 heterocycles. The van der Waals surface area contributed by atoms with Crippen LogP contribution < -0.4 is 10.9 Å². The molecule has 4 nitrogen and oxygen atoms in total. The SMILES string of the molecule is O=c1c(Br)c(NCC2CCCCS2)cnn1CC1CC1. The number of anilines is 1. The minimum absolute atomic E-state index is 0.0156. The standard InChI is InChI=1S/C14H20BrN3OS/c15-13-12(16-7-11-3-1-2-6-20-11)8-17-18(14(13)19)9-10-4-5-10/h8,10-11,16H,1-7,9H2. The minimum Gasteiger partial charge on any atom is -0.382 e. The normalized spacial score (nSPS) is 22.8. The Bertz CT molecular complexity index is 524. The number of nitrogens with zero attached hydrogens (tertiary/aromatic N) is 2. The first-order chi connectivity index (χ1) is 9.74. The van der Waals surface area contributed by atoms with E-state index in [4.69, 9.17) is 0 Å². The summed E-state index contributed by atoms with van der Waals surface area (Å²) in [6.07, 6.45) is 8.16.